The summed E-state index contributed by atoms with van der Waals surface area (Å²) in [6.45, 7) is 3.56. The standard InChI is InChI=1S/C19H17ClN4O2/c1-12-17(13(2)24(23-12)16-6-4-3-5-7-16)19(26)22-21-18(25)14-8-10-15(20)11-9-14/h3-11H,1-2H3,(H,21,25)(H,22,26). The van der Waals surface area contributed by atoms with Crippen molar-refractivity contribution in [3.8, 4) is 5.69 Å². The third-order valence-corrected chi connectivity index (χ3v) is 4.17. The second-order valence-electron chi connectivity index (χ2n) is 5.71. The van der Waals surface area contributed by atoms with Crippen molar-refractivity contribution in [2.24, 2.45) is 0 Å². The monoisotopic (exact) mass is 368 g/mol. The Morgan fingerprint density at radius 2 is 1.54 bits per heavy atom. The van der Waals surface area contributed by atoms with Crippen LogP contribution in [-0.2, 0) is 0 Å². The third-order valence-electron chi connectivity index (χ3n) is 3.92. The minimum atomic E-state index is -0.430. The summed E-state index contributed by atoms with van der Waals surface area (Å²) in [7, 11) is 0. The van der Waals surface area contributed by atoms with E-state index < -0.39 is 11.8 Å². The van der Waals surface area contributed by atoms with Crippen LogP contribution in [-0.4, -0.2) is 21.6 Å². The molecule has 0 unspecified atom stereocenters. The summed E-state index contributed by atoms with van der Waals surface area (Å²) in [5.74, 6) is -0.856. The van der Waals surface area contributed by atoms with Gasteiger partial charge in [0.05, 0.1) is 22.6 Å². The van der Waals surface area contributed by atoms with Crippen LogP contribution in [0.5, 0.6) is 0 Å². The van der Waals surface area contributed by atoms with E-state index in [0.717, 1.165) is 5.69 Å². The second-order valence-corrected chi connectivity index (χ2v) is 6.14. The van der Waals surface area contributed by atoms with E-state index in [9.17, 15) is 9.59 Å². The lowest BCUT2D eigenvalue weighted by Crippen LogP contribution is -2.42. The molecule has 132 valence electrons. The maximum Gasteiger partial charge on any atom is 0.273 e. The van der Waals surface area contributed by atoms with Crippen LogP contribution < -0.4 is 10.9 Å². The van der Waals surface area contributed by atoms with Gasteiger partial charge in [0.1, 0.15) is 0 Å². The van der Waals surface area contributed by atoms with Crippen molar-refractivity contribution in [1.82, 2.24) is 20.6 Å². The fraction of sp³-hybridized carbons (Fsp3) is 0.105. The maximum absolute atomic E-state index is 12.5. The van der Waals surface area contributed by atoms with Gasteiger partial charge in [0.2, 0.25) is 0 Å². The second kappa shape index (κ2) is 7.41. The number of amides is 2. The molecule has 26 heavy (non-hydrogen) atoms. The van der Waals surface area contributed by atoms with Gasteiger partial charge < -0.3 is 0 Å². The fourth-order valence-electron chi connectivity index (χ4n) is 2.64. The molecule has 1 aromatic heterocycles. The van der Waals surface area contributed by atoms with Gasteiger partial charge in [-0.15, -0.1) is 0 Å². The molecule has 0 saturated carbocycles. The predicted molar refractivity (Wildman–Crippen MR) is 99.4 cm³/mol. The number of aromatic nitrogens is 2. The molecule has 0 saturated heterocycles. The van der Waals surface area contributed by atoms with Crippen molar-refractivity contribution in [2.75, 3.05) is 0 Å². The fourth-order valence-corrected chi connectivity index (χ4v) is 2.77. The molecule has 0 spiro atoms. The number of hydrazine groups is 1. The Kier molecular flexibility index (Phi) is 5.04. The lowest BCUT2D eigenvalue weighted by molar-refractivity contribution is 0.0846. The highest BCUT2D eigenvalue weighted by Crippen LogP contribution is 2.17. The van der Waals surface area contributed by atoms with Gasteiger partial charge in [-0.3, -0.25) is 20.4 Å². The Morgan fingerprint density at radius 1 is 0.923 bits per heavy atom. The largest absolute Gasteiger partial charge is 0.273 e. The van der Waals surface area contributed by atoms with Gasteiger partial charge in [-0.25, -0.2) is 4.68 Å². The number of nitrogens with one attached hydrogen (secondary N) is 2. The first kappa shape index (κ1) is 17.7. The Hall–Kier alpha value is -3.12. The van der Waals surface area contributed by atoms with Crippen molar-refractivity contribution >= 4 is 23.4 Å². The molecule has 0 fully saturated rings. The summed E-state index contributed by atoms with van der Waals surface area (Å²) in [6, 6.07) is 15.9. The first-order valence-corrected chi connectivity index (χ1v) is 8.33. The number of carbonyl (C=O) groups is 2. The van der Waals surface area contributed by atoms with Crippen LogP contribution in [0.25, 0.3) is 5.69 Å². The summed E-state index contributed by atoms with van der Waals surface area (Å²) < 4.78 is 1.70. The minimum Gasteiger partial charge on any atom is -0.267 e. The van der Waals surface area contributed by atoms with E-state index >= 15 is 0 Å². The van der Waals surface area contributed by atoms with Gasteiger partial charge in [0.25, 0.3) is 11.8 Å². The highest BCUT2D eigenvalue weighted by Gasteiger charge is 2.20. The minimum absolute atomic E-state index is 0.392. The number of aryl methyl sites for hydroxylation is 1. The molecule has 2 aromatic carbocycles. The van der Waals surface area contributed by atoms with Crippen LogP contribution in [0.1, 0.15) is 32.1 Å². The Labute approximate surface area is 155 Å². The Balaban J connectivity index is 1.75. The average Bonchev–Trinajstić information content (AvgIpc) is 2.95. The van der Waals surface area contributed by atoms with E-state index in [2.05, 4.69) is 16.0 Å². The summed E-state index contributed by atoms with van der Waals surface area (Å²) in [6.07, 6.45) is 0. The topological polar surface area (TPSA) is 76.0 Å². The van der Waals surface area contributed by atoms with Crippen LogP contribution in [0.4, 0.5) is 0 Å². The molecule has 0 radical (unpaired) electrons. The lowest BCUT2D eigenvalue weighted by atomic mass is 10.2. The third kappa shape index (κ3) is 3.60. The number of hydrogen-bond acceptors (Lipinski definition) is 3. The van der Waals surface area contributed by atoms with Crippen LogP contribution in [0.3, 0.4) is 0 Å². The number of nitrogens with zero attached hydrogens (tertiary/aromatic N) is 2. The highest BCUT2D eigenvalue weighted by atomic mass is 35.5. The van der Waals surface area contributed by atoms with Crippen LogP contribution >= 0.6 is 11.6 Å². The summed E-state index contributed by atoms with van der Waals surface area (Å²) in [5.41, 5.74) is 7.77. The number of halogens is 1. The molecule has 2 amide bonds. The van der Waals surface area contributed by atoms with Gasteiger partial charge in [-0.2, -0.15) is 5.10 Å². The van der Waals surface area contributed by atoms with Crippen molar-refractivity contribution < 1.29 is 9.59 Å². The maximum atomic E-state index is 12.5. The van der Waals surface area contributed by atoms with Crippen molar-refractivity contribution in [2.45, 2.75) is 13.8 Å². The normalized spacial score (nSPS) is 10.4. The first-order chi connectivity index (χ1) is 12.5. The van der Waals surface area contributed by atoms with Crippen molar-refractivity contribution in [1.29, 1.82) is 0 Å². The number of hydrogen-bond donors (Lipinski definition) is 2. The Bertz CT molecular complexity index is 950. The van der Waals surface area contributed by atoms with Gasteiger partial charge in [-0.05, 0) is 50.2 Å². The zero-order chi connectivity index (χ0) is 18.7. The zero-order valence-electron chi connectivity index (χ0n) is 14.3. The molecule has 0 bridgehead atoms. The molecule has 3 aromatic rings. The lowest BCUT2D eigenvalue weighted by Gasteiger charge is -2.08. The van der Waals surface area contributed by atoms with Crippen LogP contribution in [0.15, 0.2) is 54.6 Å². The van der Waals surface area contributed by atoms with E-state index in [-0.39, 0.29) is 0 Å². The van der Waals surface area contributed by atoms with Crippen molar-refractivity contribution in [3.63, 3.8) is 0 Å². The molecule has 0 aliphatic carbocycles. The molecule has 0 atom stereocenters. The molecule has 0 aliphatic rings. The molecule has 1 heterocycles. The molecule has 6 nitrogen and oxygen atoms in total. The van der Waals surface area contributed by atoms with E-state index in [1.807, 2.05) is 37.3 Å². The summed E-state index contributed by atoms with van der Waals surface area (Å²) in [5, 5.41) is 4.96. The number of carbonyl (C=O) groups excluding carboxylic acids is 2. The molecule has 0 aliphatic heterocycles. The van der Waals surface area contributed by atoms with Crippen LogP contribution in [0.2, 0.25) is 5.02 Å². The molecule has 3 rings (SSSR count). The number of para-hydroxylation sites is 1. The number of benzene rings is 2. The number of rotatable bonds is 3. The summed E-state index contributed by atoms with van der Waals surface area (Å²) in [4.78, 5) is 24.6. The predicted octanol–water partition coefficient (Wildman–Crippen LogP) is 3.22. The van der Waals surface area contributed by atoms with Crippen molar-refractivity contribution in [3.05, 3.63) is 82.1 Å². The van der Waals surface area contributed by atoms with E-state index in [1.165, 1.54) is 0 Å². The quantitative estimate of drug-likeness (QED) is 0.697. The van der Waals surface area contributed by atoms with E-state index in [4.69, 9.17) is 11.6 Å². The first-order valence-electron chi connectivity index (χ1n) is 7.95. The van der Waals surface area contributed by atoms with Crippen LogP contribution in [0, 0.1) is 13.8 Å². The van der Waals surface area contributed by atoms with Gasteiger partial charge in [0.15, 0.2) is 0 Å². The molecule has 2 N–H and O–H groups in total. The average molecular weight is 369 g/mol. The molecule has 7 heteroatoms. The highest BCUT2D eigenvalue weighted by molar-refractivity contribution is 6.30. The van der Waals surface area contributed by atoms with Gasteiger partial charge in [-0.1, -0.05) is 29.8 Å². The van der Waals surface area contributed by atoms with E-state index in [1.54, 1.807) is 35.9 Å². The molecular formula is C19H17ClN4O2. The zero-order valence-corrected chi connectivity index (χ0v) is 15.0. The molecular weight excluding hydrogens is 352 g/mol. The van der Waals surface area contributed by atoms with Gasteiger partial charge >= 0.3 is 0 Å². The van der Waals surface area contributed by atoms with E-state index in [0.29, 0.717) is 27.5 Å². The summed E-state index contributed by atoms with van der Waals surface area (Å²) >= 11 is 5.80. The SMILES string of the molecule is Cc1nn(-c2ccccc2)c(C)c1C(=O)NNC(=O)c1ccc(Cl)cc1. The Morgan fingerprint density at radius 3 is 2.19 bits per heavy atom. The van der Waals surface area contributed by atoms with Gasteiger partial charge in [0, 0.05) is 10.6 Å². The smallest absolute Gasteiger partial charge is 0.267 e.